The third-order valence-electron chi connectivity index (χ3n) is 2.35. The van der Waals surface area contributed by atoms with Gasteiger partial charge < -0.3 is 4.90 Å². The van der Waals surface area contributed by atoms with Gasteiger partial charge in [-0.1, -0.05) is 0 Å². The Morgan fingerprint density at radius 2 is 2.25 bits per heavy atom. The van der Waals surface area contributed by atoms with Crippen molar-refractivity contribution in [1.29, 1.82) is 0 Å². The van der Waals surface area contributed by atoms with Crippen molar-refractivity contribution in [2.75, 3.05) is 6.54 Å². The van der Waals surface area contributed by atoms with Crippen LogP contribution in [0, 0.1) is 6.92 Å². The van der Waals surface area contributed by atoms with Crippen molar-refractivity contribution in [3.8, 4) is 0 Å². The highest BCUT2D eigenvalue weighted by Crippen LogP contribution is 2.19. The highest BCUT2D eigenvalue weighted by atomic mass is 16.2. The highest BCUT2D eigenvalue weighted by Gasteiger charge is 2.26. The number of carbonyl (C=O) groups is 1. The van der Waals surface area contributed by atoms with Gasteiger partial charge in [0.05, 0.1) is 6.54 Å². The van der Waals surface area contributed by atoms with Crippen molar-refractivity contribution in [2.45, 2.75) is 20.4 Å². The molecule has 0 aliphatic carbocycles. The minimum absolute atomic E-state index is 0.120. The summed E-state index contributed by atoms with van der Waals surface area (Å²) >= 11 is 0. The normalized spacial score (nSPS) is 15.5. The zero-order valence-electron chi connectivity index (χ0n) is 7.37. The molecule has 1 aliphatic rings. The summed E-state index contributed by atoms with van der Waals surface area (Å²) in [4.78, 5) is 13.4. The molecule has 0 spiro atoms. The summed E-state index contributed by atoms with van der Waals surface area (Å²) in [6, 6.07) is 4.12. The fourth-order valence-corrected chi connectivity index (χ4v) is 1.64. The molecular weight excluding hydrogens is 152 g/mol. The summed E-state index contributed by atoms with van der Waals surface area (Å²) in [5.41, 5.74) is 2.14. The third-order valence-corrected chi connectivity index (χ3v) is 2.35. The van der Waals surface area contributed by atoms with Crippen molar-refractivity contribution in [3.05, 3.63) is 23.5 Å². The monoisotopic (exact) mass is 164 g/mol. The average Bonchev–Trinajstić information content (AvgIpc) is 2.55. The average molecular weight is 164 g/mol. The number of aryl methyl sites for hydroxylation is 1. The first-order chi connectivity index (χ1) is 5.74. The lowest BCUT2D eigenvalue weighted by atomic mass is 10.4. The summed E-state index contributed by atoms with van der Waals surface area (Å²) in [7, 11) is 0. The molecule has 0 atom stereocenters. The van der Waals surface area contributed by atoms with Gasteiger partial charge in [-0.15, -0.1) is 0 Å². The second-order valence-electron chi connectivity index (χ2n) is 3.10. The van der Waals surface area contributed by atoms with Gasteiger partial charge in [-0.3, -0.25) is 4.57 Å². The van der Waals surface area contributed by atoms with E-state index in [2.05, 4.69) is 0 Å². The van der Waals surface area contributed by atoms with Crippen LogP contribution in [0.5, 0.6) is 0 Å². The van der Waals surface area contributed by atoms with Crippen LogP contribution in [0.1, 0.15) is 18.3 Å². The van der Waals surface area contributed by atoms with Gasteiger partial charge in [-0.25, -0.2) is 4.79 Å². The van der Waals surface area contributed by atoms with E-state index >= 15 is 0 Å². The lowest BCUT2D eigenvalue weighted by Gasteiger charge is -2.11. The molecule has 0 unspecified atom stereocenters. The van der Waals surface area contributed by atoms with Gasteiger partial charge in [0, 0.05) is 17.9 Å². The van der Waals surface area contributed by atoms with Crippen LogP contribution >= 0.6 is 0 Å². The topological polar surface area (TPSA) is 25.2 Å². The number of rotatable bonds is 1. The van der Waals surface area contributed by atoms with Crippen molar-refractivity contribution in [2.24, 2.45) is 0 Å². The van der Waals surface area contributed by atoms with E-state index in [1.54, 1.807) is 4.57 Å². The van der Waals surface area contributed by atoms with E-state index in [0.29, 0.717) is 0 Å². The van der Waals surface area contributed by atoms with Crippen LogP contribution in [-0.2, 0) is 6.54 Å². The molecule has 0 bridgehead atoms. The largest absolute Gasteiger partial charge is 0.328 e. The Bertz CT molecular complexity index is 327. The number of aromatic nitrogens is 1. The molecule has 0 N–H and O–H groups in total. The number of nitrogens with zero attached hydrogens (tertiary/aromatic N) is 2. The summed E-state index contributed by atoms with van der Waals surface area (Å²) in [6.45, 7) is 5.52. The van der Waals surface area contributed by atoms with E-state index in [1.807, 2.05) is 30.9 Å². The van der Waals surface area contributed by atoms with E-state index in [-0.39, 0.29) is 6.03 Å². The van der Waals surface area contributed by atoms with Gasteiger partial charge in [0.15, 0.2) is 0 Å². The number of hydrogen-bond donors (Lipinski definition) is 0. The minimum Gasteiger partial charge on any atom is -0.319 e. The molecule has 0 fully saturated rings. The molecule has 2 rings (SSSR count). The number of fused-ring (bicyclic) bond motifs is 1. The van der Waals surface area contributed by atoms with E-state index in [9.17, 15) is 4.79 Å². The number of hydrogen-bond acceptors (Lipinski definition) is 1. The summed E-state index contributed by atoms with van der Waals surface area (Å²) in [5.74, 6) is 0. The Morgan fingerprint density at radius 3 is 2.83 bits per heavy atom. The van der Waals surface area contributed by atoms with Gasteiger partial charge >= 0.3 is 6.03 Å². The molecule has 0 aromatic carbocycles. The number of amides is 1. The molecular formula is C9H12N2O. The molecule has 64 valence electrons. The van der Waals surface area contributed by atoms with Crippen LogP contribution in [-0.4, -0.2) is 22.0 Å². The van der Waals surface area contributed by atoms with Crippen LogP contribution in [0.4, 0.5) is 4.79 Å². The summed E-state index contributed by atoms with van der Waals surface area (Å²) in [6.07, 6.45) is 0. The van der Waals surface area contributed by atoms with Crippen molar-refractivity contribution >= 4 is 6.03 Å². The van der Waals surface area contributed by atoms with Gasteiger partial charge in [0.25, 0.3) is 0 Å². The van der Waals surface area contributed by atoms with E-state index in [4.69, 9.17) is 0 Å². The van der Waals surface area contributed by atoms with E-state index in [0.717, 1.165) is 24.5 Å². The molecule has 1 aromatic heterocycles. The fourth-order valence-electron chi connectivity index (χ4n) is 1.64. The molecule has 3 heteroatoms. The number of carbonyl (C=O) groups excluding carboxylic acids is 1. The SMILES string of the molecule is CCN1Cc2ccc(C)n2C1=O. The standard InChI is InChI=1S/C9H12N2O/c1-3-10-6-8-5-4-7(2)11(8)9(10)12/h4-5H,3,6H2,1-2H3. The molecule has 0 radical (unpaired) electrons. The summed E-state index contributed by atoms with van der Waals surface area (Å²) < 4.78 is 1.78. The predicted molar refractivity (Wildman–Crippen MR) is 46.0 cm³/mol. The maximum Gasteiger partial charge on any atom is 0.328 e. The maximum absolute atomic E-state index is 11.6. The maximum atomic E-state index is 11.6. The fraction of sp³-hybridized carbons (Fsp3) is 0.444. The lowest BCUT2D eigenvalue weighted by Crippen LogP contribution is -2.26. The van der Waals surface area contributed by atoms with Crippen LogP contribution < -0.4 is 0 Å². The molecule has 1 aliphatic heterocycles. The van der Waals surface area contributed by atoms with Gasteiger partial charge in [0.1, 0.15) is 0 Å². The Kier molecular flexibility index (Phi) is 1.46. The van der Waals surface area contributed by atoms with Crippen LogP contribution in [0.15, 0.2) is 12.1 Å². The second kappa shape index (κ2) is 2.37. The van der Waals surface area contributed by atoms with Crippen molar-refractivity contribution < 1.29 is 4.79 Å². The van der Waals surface area contributed by atoms with Gasteiger partial charge in [0.2, 0.25) is 0 Å². The Balaban J connectivity index is 2.44. The zero-order chi connectivity index (χ0) is 8.72. The van der Waals surface area contributed by atoms with Gasteiger partial charge in [-0.2, -0.15) is 0 Å². The zero-order valence-corrected chi connectivity index (χ0v) is 7.37. The highest BCUT2D eigenvalue weighted by molar-refractivity contribution is 5.81. The molecule has 1 amide bonds. The molecule has 12 heavy (non-hydrogen) atoms. The van der Waals surface area contributed by atoms with E-state index in [1.165, 1.54) is 0 Å². The molecule has 3 nitrogen and oxygen atoms in total. The second-order valence-corrected chi connectivity index (χ2v) is 3.10. The minimum atomic E-state index is 0.120. The first-order valence-corrected chi connectivity index (χ1v) is 4.20. The molecule has 1 aromatic rings. The molecule has 2 heterocycles. The Morgan fingerprint density at radius 1 is 1.50 bits per heavy atom. The van der Waals surface area contributed by atoms with Crippen LogP contribution in [0.25, 0.3) is 0 Å². The quantitative estimate of drug-likeness (QED) is 0.619. The summed E-state index contributed by atoms with van der Waals surface area (Å²) in [5, 5.41) is 0. The first kappa shape index (κ1) is 7.40. The Labute approximate surface area is 71.6 Å². The van der Waals surface area contributed by atoms with Crippen LogP contribution in [0.2, 0.25) is 0 Å². The predicted octanol–water partition coefficient (Wildman–Crippen LogP) is 1.60. The van der Waals surface area contributed by atoms with Crippen LogP contribution in [0.3, 0.4) is 0 Å². The molecule has 0 saturated carbocycles. The first-order valence-electron chi connectivity index (χ1n) is 4.20. The third kappa shape index (κ3) is 0.793. The molecule has 0 saturated heterocycles. The lowest BCUT2D eigenvalue weighted by molar-refractivity contribution is 0.211. The van der Waals surface area contributed by atoms with Crippen molar-refractivity contribution in [3.63, 3.8) is 0 Å². The Hall–Kier alpha value is -1.25. The van der Waals surface area contributed by atoms with E-state index < -0.39 is 0 Å². The van der Waals surface area contributed by atoms with Gasteiger partial charge in [-0.05, 0) is 26.0 Å². The smallest absolute Gasteiger partial charge is 0.319 e. The van der Waals surface area contributed by atoms with Crippen molar-refractivity contribution in [1.82, 2.24) is 9.47 Å².